The first kappa shape index (κ1) is 11.3. The van der Waals surface area contributed by atoms with Gasteiger partial charge in [0.15, 0.2) is 0 Å². The fourth-order valence-electron chi connectivity index (χ4n) is 0.250. The van der Waals surface area contributed by atoms with Crippen LogP contribution in [0.1, 0.15) is 0 Å². The van der Waals surface area contributed by atoms with Crippen LogP contribution in [0.2, 0.25) is 0 Å². The van der Waals surface area contributed by atoms with E-state index in [0.717, 1.165) is 12.2 Å². The molecule has 0 fully saturated rings. The number of hydrogen-bond donors (Lipinski definition) is 2. The first-order chi connectivity index (χ1) is 6.70. The fraction of sp³-hybridized carbons (Fsp3) is 0. The lowest BCUT2D eigenvalue weighted by atomic mass is 11.2. The van der Waals surface area contributed by atoms with Crippen molar-refractivity contribution in [1.29, 1.82) is 0 Å². The molecule has 0 aromatic heterocycles. The summed E-state index contributed by atoms with van der Waals surface area (Å²) in [5, 5.41) is 5.17. The van der Waals surface area contributed by atoms with Gasteiger partial charge in [-0.05, 0) is 0 Å². The number of rotatable bonds is 2. The summed E-state index contributed by atoms with van der Waals surface area (Å²) in [5.41, 5.74) is 2.94. The van der Waals surface area contributed by atoms with Gasteiger partial charge in [0.05, 0.1) is 0 Å². The molecule has 14 heavy (non-hydrogen) atoms. The van der Waals surface area contributed by atoms with Gasteiger partial charge in [-0.1, -0.05) is 10.2 Å². The number of carbonyl (C=O) groups is 2. The van der Waals surface area contributed by atoms with E-state index in [1.54, 1.807) is 0 Å². The average molecular weight is 202 g/mol. The van der Waals surface area contributed by atoms with Crippen LogP contribution in [0, 0.1) is 0 Å². The Bertz CT molecular complexity index is 282. The number of hydrazone groups is 2. The van der Waals surface area contributed by atoms with Gasteiger partial charge >= 0.3 is 12.2 Å². The Morgan fingerprint density at radius 3 is 1.57 bits per heavy atom. The van der Waals surface area contributed by atoms with Gasteiger partial charge in [0.1, 0.15) is 0 Å². The van der Waals surface area contributed by atoms with Crippen molar-refractivity contribution in [3.8, 4) is 0 Å². The van der Waals surface area contributed by atoms with Crippen molar-refractivity contribution < 1.29 is 29.0 Å². The van der Waals surface area contributed by atoms with E-state index in [2.05, 4.69) is 20.0 Å². The molecule has 0 aromatic rings. The van der Waals surface area contributed by atoms with Crippen molar-refractivity contribution in [3.05, 3.63) is 0 Å². The second-order valence-electron chi connectivity index (χ2n) is 1.37. The summed E-state index contributed by atoms with van der Waals surface area (Å²) in [6.45, 7) is 0. The van der Waals surface area contributed by atoms with Crippen molar-refractivity contribution >= 4 is 24.3 Å². The van der Waals surface area contributed by atoms with E-state index >= 15 is 0 Å². The van der Waals surface area contributed by atoms with Gasteiger partial charge in [-0.25, -0.2) is 29.0 Å². The Morgan fingerprint density at radius 2 is 1.29 bits per heavy atom. The van der Waals surface area contributed by atoms with E-state index in [1.165, 1.54) is 10.9 Å². The summed E-state index contributed by atoms with van der Waals surface area (Å²) in [5.74, 6) is 0. The highest BCUT2D eigenvalue weighted by molar-refractivity contribution is 5.70. The summed E-state index contributed by atoms with van der Waals surface area (Å²) in [7, 11) is 0. The van der Waals surface area contributed by atoms with Crippen LogP contribution in [0.25, 0.3) is 0 Å². The Kier molecular flexibility index (Phi) is 5.63. The molecule has 74 valence electrons. The molecule has 0 atom stereocenters. The molecular formula is C4H2N4O6. The van der Waals surface area contributed by atoms with Crippen molar-refractivity contribution in [2.24, 2.45) is 10.2 Å². The lowest BCUT2D eigenvalue weighted by Gasteiger charge is -1.98. The van der Waals surface area contributed by atoms with Crippen molar-refractivity contribution in [1.82, 2.24) is 10.9 Å². The summed E-state index contributed by atoms with van der Waals surface area (Å²) >= 11 is 0. The Balaban J connectivity index is 3.71. The molecular weight excluding hydrogens is 200 g/mol. The molecule has 0 aliphatic carbocycles. The number of isocyanates is 2. The number of amides is 2. The van der Waals surface area contributed by atoms with Gasteiger partial charge < -0.3 is 0 Å². The maximum Gasteiger partial charge on any atom is 0.471 e. The van der Waals surface area contributed by atoms with Crippen LogP contribution in [0.5, 0.6) is 0 Å². The predicted octanol–water partition coefficient (Wildman–Crippen LogP) is -1.14. The van der Waals surface area contributed by atoms with Crippen LogP contribution in [-0.4, -0.2) is 24.3 Å². The lowest BCUT2D eigenvalue weighted by molar-refractivity contribution is -0.178. The lowest BCUT2D eigenvalue weighted by Crippen LogP contribution is -2.24. The Morgan fingerprint density at radius 1 is 0.929 bits per heavy atom. The number of hydrogen-bond acceptors (Lipinski definition) is 8. The van der Waals surface area contributed by atoms with Crippen LogP contribution in [0.15, 0.2) is 10.2 Å². The standard InChI is InChI=1S/C4H2N4O6/c9-1-5-7-3(11)13-14-4(12)8-6-2-10/h(H,7,11)(H,8,12). The third kappa shape index (κ3) is 6.04. The van der Waals surface area contributed by atoms with Gasteiger partial charge in [0.2, 0.25) is 0 Å². The molecule has 2 amide bonds. The van der Waals surface area contributed by atoms with Crippen molar-refractivity contribution in [2.75, 3.05) is 0 Å². The first-order valence-corrected chi connectivity index (χ1v) is 2.79. The highest BCUT2D eigenvalue weighted by atomic mass is 17.2. The highest BCUT2D eigenvalue weighted by Gasteiger charge is 2.06. The van der Waals surface area contributed by atoms with Crippen LogP contribution >= 0.6 is 0 Å². The fourth-order valence-corrected chi connectivity index (χ4v) is 0.250. The molecule has 0 unspecified atom stereocenters. The molecule has 0 aromatic carbocycles. The summed E-state index contributed by atoms with van der Waals surface area (Å²) in [6.07, 6.45) is -0.754. The zero-order valence-corrected chi connectivity index (χ0v) is 6.34. The largest absolute Gasteiger partial charge is 0.471 e. The second kappa shape index (κ2) is 6.98. The van der Waals surface area contributed by atoms with Crippen LogP contribution in [0.4, 0.5) is 9.59 Å². The molecule has 0 heterocycles. The molecule has 0 rings (SSSR count). The van der Waals surface area contributed by atoms with Crippen molar-refractivity contribution in [2.45, 2.75) is 0 Å². The summed E-state index contributed by atoms with van der Waals surface area (Å²) in [4.78, 5) is 47.0. The molecule has 0 bridgehead atoms. The third-order valence-electron chi connectivity index (χ3n) is 0.579. The number of nitrogens with one attached hydrogen (secondary N) is 2. The molecule has 2 N–H and O–H groups in total. The monoisotopic (exact) mass is 202 g/mol. The molecule has 10 heteroatoms. The minimum absolute atomic E-state index is 0.958. The molecule has 0 aliphatic rings. The normalized spacial score (nSPS) is 7.14. The van der Waals surface area contributed by atoms with Crippen molar-refractivity contribution in [3.63, 3.8) is 0 Å². The maximum atomic E-state index is 10.4. The topological polar surface area (TPSA) is 136 Å². The zero-order chi connectivity index (χ0) is 10.8. The van der Waals surface area contributed by atoms with Crippen LogP contribution in [0.3, 0.4) is 0 Å². The van der Waals surface area contributed by atoms with Gasteiger partial charge in [-0.3, -0.25) is 0 Å². The van der Waals surface area contributed by atoms with Gasteiger partial charge in [-0.2, -0.15) is 10.9 Å². The van der Waals surface area contributed by atoms with E-state index in [0.29, 0.717) is 0 Å². The molecule has 10 nitrogen and oxygen atoms in total. The van der Waals surface area contributed by atoms with Crippen LogP contribution in [-0.2, 0) is 19.4 Å². The van der Waals surface area contributed by atoms with Gasteiger partial charge in [0.25, 0.3) is 12.2 Å². The Hall–Kier alpha value is -2.70. The molecule has 0 saturated carbocycles. The molecule has 0 saturated heterocycles. The average Bonchev–Trinajstić information content (AvgIpc) is 2.20. The number of nitrogens with zero attached hydrogens (tertiary/aromatic N) is 2. The van der Waals surface area contributed by atoms with Gasteiger partial charge in [0, 0.05) is 0 Å². The minimum atomic E-state index is -1.33. The Labute approximate surface area is 75.5 Å². The van der Waals surface area contributed by atoms with Gasteiger partial charge in [-0.15, -0.1) is 0 Å². The van der Waals surface area contributed by atoms with E-state index in [9.17, 15) is 19.2 Å². The zero-order valence-electron chi connectivity index (χ0n) is 6.34. The van der Waals surface area contributed by atoms with E-state index in [-0.39, 0.29) is 0 Å². The molecule has 0 aliphatic heterocycles. The minimum Gasteiger partial charge on any atom is -0.218 e. The first-order valence-electron chi connectivity index (χ1n) is 2.79. The quantitative estimate of drug-likeness (QED) is 0.251. The molecule has 0 spiro atoms. The van der Waals surface area contributed by atoms with Crippen LogP contribution < -0.4 is 10.9 Å². The summed E-state index contributed by atoms with van der Waals surface area (Å²) < 4.78 is 0. The predicted molar refractivity (Wildman–Crippen MR) is 35.5 cm³/mol. The smallest absolute Gasteiger partial charge is 0.218 e. The SMILES string of the molecule is O=C=NNC(=O)OOC(=O)NN=C=O. The molecule has 0 radical (unpaired) electrons. The van der Waals surface area contributed by atoms with E-state index < -0.39 is 12.2 Å². The maximum absolute atomic E-state index is 10.4. The summed E-state index contributed by atoms with van der Waals surface area (Å²) in [6, 6.07) is 0. The third-order valence-corrected chi connectivity index (χ3v) is 0.579. The highest BCUT2D eigenvalue weighted by Crippen LogP contribution is 1.81. The van der Waals surface area contributed by atoms with E-state index in [4.69, 9.17) is 0 Å². The van der Waals surface area contributed by atoms with E-state index in [1.807, 2.05) is 0 Å². The number of carbonyl (C=O) groups excluding carboxylic acids is 4. The second-order valence-corrected chi connectivity index (χ2v) is 1.37.